The Morgan fingerprint density at radius 2 is 0.871 bits per heavy atom. The van der Waals surface area contributed by atoms with Gasteiger partial charge in [-0.1, -0.05) is 200 Å². The number of fused-ring (bicyclic) bond motifs is 6. The molecule has 12 rings (SSSR count). The van der Waals surface area contributed by atoms with Gasteiger partial charge in [0.2, 0.25) is 0 Å². The number of hydrogen-bond acceptors (Lipinski definition) is 3. The number of aromatic nitrogens is 2. The summed E-state index contributed by atoms with van der Waals surface area (Å²) >= 11 is 1.84. The van der Waals surface area contributed by atoms with Gasteiger partial charge in [-0.05, 0) is 86.0 Å². The SMILES string of the molecule is c1ccc(-c2nc(-c3cccc(-c4cccc5c4-c4ccccc4C5(c4ccccc4)c4ccccc4)c3)cc(-c3ccccc3-c3ccc4sc5ccccc5c4c3)n2)cc1. The van der Waals surface area contributed by atoms with Gasteiger partial charge in [-0.15, -0.1) is 11.3 Å². The molecular weight excluding hydrogens is 769 g/mol. The van der Waals surface area contributed by atoms with E-state index in [-0.39, 0.29) is 0 Å². The molecule has 0 saturated heterocycles. The van der Waals surface area contributed by atoms with Crippen molar-refractivity contribution in [2.75, 3.05) is 0 Å². The summed E-state index contributed by atoms with van der Waals surface area (Å²) in [7, 11) is 0. The number of thiophene rings is 1. The van der Waals surface area contributed by atoms with E-state index in [0.29, 0.717) is 5.82 Å². The fourth-order valence-corrected chi connectivity index (χ4v) is 11.0. The molecule has 9 aromatic carbocycles. The maximum absolute atomic E-state index is 5.31. The highest BCUT2D eigenvalue weighted by Gasteiger charge is 2.46. The van der Waals surface area contributed by atoms with Crippen molar-refractivity contribution in [3.8, 4) is 67.3 Å². The third-order valence-corrected chi connectivity index (χ3v) is 13.8. The van der Waals surface area contributed by atoms with E-state index < -0.39 is 5.41 Å². The van der Waals surface area contributed by atoms with Crippen LogP contribution in [0.2, 0.25) is 0 Å². The second-order valence-electron chi connectivity index (χ2n) is 16.0. The van der Waals surface area contributed by atoms with E-state index in [0.717, 1.165) is 39.2 Å². The predicted molar refractivity (Wildman–Crippen MR) is 259 cm³/mol. The molecule has 290 valence electrons. The standard InChI is InChI=1S/C59H38N2S/c1-4-18-39(19-5-1)58-60-53(38-54(61-58)47-27-11-10-26-45(47)41-34-35-56-50(37-41)48-28-13-15-33-55(48)62-56)42-21-16-20-40(36-42)46-30-17-32-52-57(46)49-29-12-14-31-51(49)59(52,43-22-6-2-7-23-43)44-24-8-3-9-25-44/h1-38H. The lowest BCUT2D eigenvalue weighted by Crippen LogP contribution is -2.28. The molecule has 0 unspecified atom stereocenters. The zero-order valence-corrected chi connectivity index (χ0v) is 34.6. The van der Waals surface area contributed by atoms with Crippen LogP contribution in [-0.4, -0.2) is 9.97 Å². The molecular formula is C59H38N2S. The first kappa shape index (κ1) is 36.2. The van der Waals surface area contributed by atoms with Crippen molar-refractivity contribution in [1.82, 2.24) is 9.97 Å². The van der Waals surface area contributed by atoms with E-state index in [1.165, 1.54) is 64.7 Å². The van der Waals surface area contributed by atoms with Crippen molar-refractivity contribution in [1.29, 1.82) is 0 Å². The van der Waals surface area contributed by atoms with E-state index in [2.05, 4.69) is 224 Å². The molecule has 0 atom stereocenters. The number of nitrogens with zero attached hydrogens (tertiary/aromatic N) is 2. The maximum atomic E-state index is 5.31. The van der Waals surface area contributed by atoms with Gasteiger partial charge in [0.15, 0.2) is 5.82 Å². The molecule has 0 amide bonds. The van der Waals surface area contributed by atoms with Crippen LogP contribution in [0.15, 0.2) is 231 Å². The van der Waals surface area contributed by atoms with Crippen LogP contribution < -0.4 is 0 Å². The first-order valence-electron chi connectivity index (χ1n) is 21.1. The molecule has 62 heavy (non-hydrogen) atoms. The van der Waals surface area contributed by atoms with Crippen molar-refractivity contribution in [2.24, 2.45) is 0 Å². The Balaban J connectivity index is 1.03. The highest BCUT2D eigenvalue weighted by atomic mass is 32.1. The van der Waals surface area contributed by atoms with Crippen molar-refractivity contribution >= 4 is 31.5 Å². The molecule has 0 bridgehead atoms. The smallest absolute Gasteiger partial charge is 0.160 e. The van der Waals surface area contributed by atoms with Crippen molar-refractivity contribution in [2.45, 2.75) is 5.41 Å². The van der Waals surface area contributed by atoms with Gasteiger partial charge in [0.1, 0.15) is 0 Å². The predicted octanol–water partition coefficient (Wildman–Crippen LogP) is 15.5. The van der Waals surface area contributed by atoms with Gasteiger partial charge in [0, 0.05) is 36.9 Å². The molecule has 11 aromatic rings. The Labute approximate surface area is 365 Å². The molecule has 3 heteroatoms. The van der Waals surface area contributed by atoms with Gasteiger partial charge in [-0.2, -0.15) is 0 Å². The molecule has 2 aromatic heterocycles. The van der Waals surface area contributed by atoms with Gasteiger partial charge in [0.05, 0.1) is 16.8 Å². The minimum atomic E-state index is -0.470. The summed E-state index contributed by atoms with van der Waals surface area (Å²) in [5.74, 6) is 0.697. The molecule has 0 N–H and O–H groups in total. The molecule has 1 aliphatic rings. The van der Waals surface area contributed by atoms with Gasteiger partial charge in [-0.25, -0.2) is 9.97 Å². The number of hydrogen-bond donors (Lipinski definition) is 0. The molecule has 2 heterocycles. The van der Waals surface area contributed by atoms with Crippen LogP contribution in [0.5, 0.6) is 0 Å². The average molecular weight is 807 g/mol. The van der Waals surface area contributed by atoms with E-state index in [1.807, 2.05) is 17.4 Å². The lowest BCUT2D eigenvalue weighted by molar-refractivity contribution is 0.768. The largest absolute Gasteiger partial charge is 0.228 e. The maximum Gasteiger partial charge on any atom is 0.160 e. The second-order valence-corrected chi connectivity index (χ2v) is 17.1. The van der Waals surface area contributed by atoms with E-state index in [1.54, 1.807) is 0 Å². The molecule has 2 nitrogen and oxygen atoms in total. The summed E-state index contributed by atoms with van der Waals surface area (Å²) in [5, 5.41) is 2.57. The number of rotatable bonds is 7. The van der Waals surface area contributed by atoms with Crippen LogP contribution in [0.4, 0.5) is 0 Å². The van der Waals surface area contributed by atoms with Crippen LogP contribution >= 0.6 is 11.3 Å². The topological polar surface area (TPSA) is 25.8 Å². The summed E-state index contributed by atoms with van der Waals surface area (Å²) in [5.41, 5.74) is 16.7. The Hall–Kier alpha value is -7.72. The zero-order chi connectivity index (χ0) is 41.0. The van der Waals surface area contributed by atoms with Crippen molar-refractivity contribution in [3.05, 3.63) is 253 Å². The zero-order valence-electron chi connectivity index (χ0n) is 33.7. The van der Waals surface area contributed by atoms with E-state index in [4.69, 9.17) is 9.97 Å². The Bertz CT molecular complexity index is 3420. The second kappa shape index (κ2) is 14.8. The molecule has 0 radical (unpaired) electrons. The molecule has 0 fully saturated rings. The Kier molecular flexibility index (Phi) is 8.62. The summed E-state index contributed by atoms with van der Waals surface area (Å²) in [6, 6.07) is 83.4. The monoisotopic (exact) mass is 806 g/mol. The molecule has 0 saturated carbocycles. The lowest BCUT2D eigenvalue weighted by atomic mass is 9.67. The normalized spacial score (nSPS) is 12.6. The van der Waals surface area contributed by atoms with Crippen LogP contribution in [0.25, 0.3) is 87.5 Å². The highest BCUT2D eigenvalue weighted by molar-refractivity contribution is 7.25. The average Bonchev–Trinajstić information content (AvgIpc) is 3.88. The van der Waals surface area contributed by atoms with Gasteiger partial charge >= 0.3 is 0 Å². The fourth-order valence-electron chi connectivity index (χ4n) is 9.88. The molecule has 1 aliphatic carbocycles. The summed E-state index contributed by atoms with van der Waals surface area (Å²) < 4.78 is 2.60. The minimum absolute atomic E-state index is 0.470. The van der Waals surface area contributed by atoms with Crippen molar-refractivity contribution < 1.29 is 0 Å². The van der Waals surface area contributed by atoms with E-state index in [9.17, 15) is 0 Å². The van der Waals surface area contributed by atoms with Gasteiger partial charge in [0.25, 0.3) is 0 Å². The number of benzene rings is 9. The van der Waals surface area contributed by atoms with Gasteiger partial charge in [-0.3, -0.25) is 0 Å². The third kappa shape index (κ3) is 5.78. The lowest BCUT2D eigenvalue weighted by Gasteiger charge is -2.34. The molecule has 0 spiro atoms. The van der Waals surface area contributed by atoms with Crippen LogP contribution in [0.1, 0.15) is 22.3 Å². The first-order chi connectivity index (χ1) is 30.7. The fraction of sp³-hybridized carbons (Fsp3) is 0.0169. The van der Waals surface area contributed by atoms with Crippen LogP contribution in [0, 0.1) is 0 Å². The van der Waals surface area contributed by atoms with Gasteiger partial charge < -0.3 is 0 Å². The first-order valence-corrected chi connectivity index (χ1v) is 22.0. The molecule has 0 aliphatic heterocycles. The third-order valence-electron chi connectivity index (χ3n) is 12.6. The minimum Gasteiger partial charge on any atom is -0.228 e. The highest BCUT2D eigenvalue weighted by Crippen LogP contribution is 2.58. The quantitative estimate of drug-likeness (QED) is 0.160. The summed E-state index contributed by atoms with van der Waals surface area (Å²) in [4.78, 5) is 10.6. The van der Waals surface area contributed by atoms with E-state index >= 15 is 0 Å². The Morgan fingerprint density at radius 3 is 1.66 bits per heavy atom. The van der Waals surface area contributed by atoms with Crippen LogP contribution in [0.3, 0.4) is 0 Å². The summed E-state index contributed by atoms with van der Waals surface area (Å²) in [6.45, 7) is 0. The Morgan fingerprint density at radius 1 is 0.323 bits per heavy atom. The summed E-state index contributed by atoms with van der Waals surface area (Å²) in [6.07, 6.45) is 0. The van der Waals surface area contributed by atoms with Crippen molar-refractivity contribution in [3.63, 3.8) is 0 Å². The van der Waals surface area contributed by atoms with Crippen LogP contribution in [-0.2, 0) is 5.41 Å².